The molecule has 2 aliphatic carbocycles. The van der Waals surface area contributed by atoms with Crippen LogP contribution < -0.4 is 0 Å². The fraction of sp³-hybridized carbons (Fsp3) is 0.714. The van der Waals surface area contributed by atoms with E-state index < -0.39 is 0 Å². The van der Waals surface area contributed by atoms with E-state index in [1.165, 1.54) is 12.8 Å². The number of halogens is 1. The molecular formula is C7H9Br. The summed E-state index contributed by atoms with van der Waals surface area (Å²) in [4.78, 5) is 0.803. The molecule has 1 heteroatoms. The summed E-state index contributed by atoms with van der Waals surface area (Å²) in [5.41, 5.74) is 0. The standard InChI is InChI=1S/C7H9Br/c8-7-4-5-1-2-6(7)3-5/h1-2,5-7H,3-4H2/t5-,6+,7-/m0/s1. The lowest BCUT2D eigenvalue weighted by Crippen LogP contribution is -2.03. The third-order valence-electron chi connectivity index (χ3n) is 2.20. The topological polar surface area (TPSA) is 0 Å². The maximum absolute atomic E-state index is 3.64. The minimum atomic E-state index is 0.803. The maximum atomic E-state index is 3.64. The lowest BCUT2D eigenvalue weighted by atomic mass is 10.1. The second-order valence-electron chi connectivity index (χ2n) is 2.80. The van der Waals surface area contributed by atoms with Gasteiger partial charge in [0, 0.05) is 4.83 Å². The first-order valence-corrected chi connectivity index (χ1v) is 4.10. The smallest absolute Gasteiger partial charge is 0.0214 e. The fourth-order valence-electron chi connectivity index (χ4n) is 1.71. The first kappa shape index (κ1) is 5.04. The molecule has 2 bridgehead atoms. The first-order chi connectivity index (χ1) is 3.86. The van der Waals surface area contributed by atoms with E-state index in [4.69, 9.17) is 0 Å². The molecule has 1 saturated carbocycles. The van der Waals surface area contributed by atoms with Crippen LogP contribution in [0, 0.1) is 11.8 Å². The van der Waals surface area contributed by atoms with Crippen molar-refractivity contribution in [2.45, 2.75) is 17.7 Å². The normalized spacial score (nSPS) is 50.9. The third-order valence-corrected chi connectivity index (χ3v) is 3.25. The number of hydrogen-bond donors (Lipinski definition) is 0. The first-order valence-electron chi connectivity index (χ1n) is 3.18. The van der Waals surface area contributed by atoms with Crippen molar-refractivity contribution in [2.75, 3.05) is 0 Å². The molecule has 0 aliphatic heterocycles. The molecule has 0 aromatic rings. The van der Waals surface area contributed by atoms with Gasteiger partial charge in [-0.05, 0) is 24.7 Å². The summed E-state index contributed by atoms with van der Waals surface area (Å²) >= 11 is 3.64. The zero-order chi connectivity index (χ0) is 5.56. The Hall–Kier alpha value is 0.220. The van der Waals surface area contributed by atoms with Crippen LogP contribution in [0.3, 0.4) is 0 Å². The molecule has 0 heterocycles. The van der Waals surface area contributed by atoms with E-state index in [1.54, 1.807) is 0 Å². The van der Waals surface area contributed by atoms with Gasteiger partial charge in [-0.1, -0.05) is 28.1 Å². The molecule has 0 aromatic carbocycles. The second kappa shape index (κ2) is 1.60. The van der Waals surface area contributed by atoms with Crippen molar-refractivity contribution in [3.63, 3.8) is 0 Å². The molecule has 8 heavy (non-hydrogen) atoms. The Balaban J connectivity index is 2.23. The Bertz CT molecular complexity index is 128. The summed E-state index contributed by atoms with van der Waals surface area (Å²) in [6.07, 6.45) is 7.51. The van der Waals surface area contributed by atoms with Gasteiger partial charge in [-0.15, -0.1) is 0 Å². The second-order valence-corrected chi connectivity index (χ2v) is 3.97. The highest BCUT2D eigenvalue weighted by atomic mass is 79.9. The van der Waals surface area contributed by atoms with E-state index in [1.807, 2.05) is 0 Å². The van der Waals surface area contributed by atoms with Crippen LogP contribution in [0.25, 0.3) is 0 Å². The number of fused-ring (bicyclic) bond motifs is 2. The van der Waals surface area contributed by atoms with Crippen molar-refractivity contribution < 1.29 is 0 Å². The highest BCUT2D eigenvalue weighted by Gasteiger charge is 2.33. The number of rotatable bonds is 0. The Morgan fingerprint density at radius 2 is 2.12 bits per heavy atom. The fourth-order valence-corrected chi connectivity index (χ4v) is 2.59. The molecule has 0 unspecified atom stereocenters. The van der Waals surface area contributed by atoms with Gasteiger partial charge in [-0.2, -0.15) is 0 Å². The van der Waals surface area contributed by atoms with E-state index in [9.17, 15) is 0 Å². The monoisotopic (exact) mass is 172 g/mol. The molecule has 0 amide bonds. The number of allylic oxidation sites excluding steroid dienone is 2. The molecule has 0 nitrogen and oxygen atoms in total. The molecular weight excluding hydrogens is 164 g/mol. The van der Waals surface area contributed by atoms with Crippen LogP contribution in [-0.2, 0) is 0 Å². The summed E-state index contributed by atoms with van der Waals surface area (Å²) in [6.45, 7) is 0. The average Bonchev–Trinajstić information content (AvgIpc) is 2.23. The Kier molecular flexibility index (Phi) is 1.01. The Morgan fingerprint density at radius 1 is 1.25 bits per heavy atom. The van der Waals surface area contributed by atoms with Gasteiger partial charge in [0.2, 0.25) is 0 Å². The van der Waals surface area contributed by atoms with Crippen molar-refractivity contribution in [1.29, 1.82) is 0 Å². The zero-order valence-electron chi connectivity index (χ0n) is 4.68. The minimum Gasteiger partial charge on any atom is -0.0884 e. The molecule has 0 radical (unpaired) electrons. The van der Waals surface area contributed by atoms with Crippen molar-refractivity contribution in [3.8, 4) is 0 Å². The number of alkyl halides is 1. The molecule has 0 N–H and O–H groups in total. The predicted molar refractivity (Wildman–Crippen MR) is 38.1 cm³/mol. The zero-order valence-corrected chi connectivity index (χ0v) is 6.26. The molecule has 2 rings (SSSR count). The highest BCUT2D eigenvalue weighted by molar-refractivity contribution is 9.09. The summed E-state index contributed by atoms with van der Waals surface area (Å²) in [6, 6.07) is 0. The van der Waals surface area contributed by atoms with E-state index in [2.05, 4.69) is 28.1 Å². The average molecular weight is 173 g/mol. The molecule has 3 atom stereocenters. The van der Waals surface area contributed by atoms with Crippen LogP contribution >= 0.6 is 15.9 Å². The molecule has 0 spiro atoms. The van der Waals surface area contributed by atoms with Crippen LogP contribution in [0.15, 0.2) is 12.2 Å². The van der Waals surface area contributed by atoms with Crippen LogP contribution in [0.4, 0.5) is 0 Å². The Labute approximate surface area is 58.1 Å². The van der Waals surface area contributed by atoms with Gasteiger partial charge in [0.1, 0.15) is 0 Å². The maximum Gasteiger partial charge on any atom is 0.0214 e. The van der Waals surface area contributed by atoms with Crippen LogP contribution in [-0.4, -0.2) is 4.83 Å². The van der Waals surface area contributed by atoms with Crippen LogP contribution in [0.5, 0.6) is 0 Å². The van der Waals surface area contributed by atoms with Gasteiger partial charge in [0.05, 0.1) is 0 Å². The summed E-state index contributed by atoms with van der Waals surface area (Å²) in [7, 11) is 0. The summed E-state index contributed by atoms with van der Waals surface area (Å²) in [5.74, 6) is 1.80. The van der Waals surface area contributed by atoms with Crippen molar-refractivity contribution in [2.24, 2.45) is 11.8 Å². The molecule has 1 fully saturated rings. The molecule has 0 saturated heterocycles. The highest BCUT2D eigenvalue weighted by Crippen LogP contribution is 2.42. The molecule has 0 aromatic heterocycles. The molecule has 44 valence electrons. The van der Waals surface area contributed by atoms with E-state index in [-0.39, 0.29) is 0 Å². The lowest BCUT2D eigenvalue weighted by molar-refractivity contribution is 0.693. The summed E-state index contributed by atoms with van der Waals surface area (Å²) in [5, 5.41) is 0. The van der Waals surface area contributed by atoms with E-state index >= 15 is 0 Å². The van der Waals surface area contributed by atoms with Crippen molar-refractivity contribution in [1.82, 2.24) is 0 Å². The predicted octanol–water partition coefficient (Wildman–Crippen LogP) is 2.35. The van der Waals surface area contributed by atoms with E-state index in [0.29, 0.717) is 0 Å². The van der Waals surface area contributed by atoms with Gasteiger partial charge < -0.3 is 0 Å². The molecule has 2 aliphatic rings. The minimum absolute atomic E-state index is 0.803. The van der Waals surface area contributed by atoms with Crippen LogP contribution in [0.2, 0.25) is 0 Å². The van der Waals surface area contributed by atoms with Crippen molar-refractivity contribution in [3.05, 3.63) is 12.2 Å². The third kappa shape index (κ3) is 0.572. The Morgan fingerprint density at radius 3 is 2.38 bits per heavy atom. The van der Waals surface area contributed by atoms with Gasteiger partial charge in [0.15, 0.2) is 0 Å². The van der Waals surface area contributed by atoms with Crippen LogP contribution in [0.1, 0.15) is 12.8 Å². The largest absolute Gasteiger partial charge is 0.0884 e. The quantitative estimate of drug-likeness (QED) is 0.389. The van der Waals surface area contributed by atoms with Gasteiger partial charge >= 0.3 is 0 Å². The number of hydrogen-bond acceptors (Lipinski definition) is 0. The van der Waals surface area contributed by atoms with E-state index in [0.717, 1.165) is 16.7 Å². The van der Waals surface area contributed by atoms with Gasteiger partial charge in [0.25, 0.3) is 0 Å². The van der Waals surface area contributed by atoms with Gasteiger partial charge in [-0.3, -0.25) is 0 Å². The lowest BCUT2D eigenvalue weighted by Gasteiger charge is -2.07. The summed E-state index contributed by atoms with van der Waals surface area (Å²) < 4.78 is 0. The van der Waals surface area contributed by atoms with Crippen molar-refractivity contribution >= 4 is 15.9 Å². The SMILES string of the molecule is Br[C@H]1C[C@H]2C=C[C@@H]1C2. The van der Waals surface area contributed by atoms with Gasteiger partial charge in [-0.25, -0.2) is 0 Å².